The van der Waals surface area contributed by atoms with Gasteiger partial charge in [-0.15, -0.1) is 0 Å². The van der Waals surface area contributed by atoms with Crippen LogP contribution in [0.25, 0.3) is 11.1 Å². The highest BCUT2D eigenvalue weighted by atomic mass is 19.1. The summed E-state index contributed by atoms with van der Waals surface area (Å²) >= 11 is 0. The van der Waals surface area contributed by atoms with Crippen LogP contribution in [0.5, 0.6) is 17.2 Å². The number of ether oxygens (including phenoxy) is 5. The van der Waals surface area contributed by atoms with Crippen LogP contribution in [0.2, 0.25) is 0 Å². The lowest BCUT2D eigenvalue weighted by atomic mass is 10.0. The van der Waals surface area contributed by atoms with Crippen molar-refractivity contribution in [2.24, 2.45) is 0 Å². The van der Waals surface area contributed by atoms with Gasteiger partial charge >= 0.3 is 5.97 Å². The van der Waals surface area contributed by atoms with Crippen molar-refractivity contribution in [3.05, 3.63) is 54.4 Å². The Morgan fingerprint density at radius 1 is 0.931 bits per heavy atom. The molecule has 0 saturated heterocycles. The molecule has 0 bridgehead atoms. The van der Waals surface area contributed by atoms with Gasteiger partial charge in [0, 0.05) is 19.8 Å². The summed E-state index contributed by atoms with van der Waals surface area (Å²) in [5, 5.41) is 0. The van der Waals surface area contributed by atoms with Crippen LogP contribution in [-0.2, 0) is 14.3 Å². The Morgan fingerprint density at radius 3 is 2.14 bits per heavy atom. The van der Waals surface area contributed by atoms with E-state index in [1.807, 2.05) is 0 Å². The lowest BCUT2D eigenvalue weighted by Crippen LogP contribution is -2.10. The second-order valence-corrected chi connectivity index (χ2v) is 6.16. The van der Waals surface area contributed by atoms with Crippen LogP contribution >= 0.6 is 0 Å². The molecule has 0 atom stereocenters. The van der Waals surface area contributed by atoms with Crippen molar-refractivity contribution in [2.75, 3.05) is 40.6 Å². The molecule has 0 spiro atoms. The zero-order valence-corrected chi connectivity index (χ0v) is 16.8. The molecule has 7 heteroatoms. The van der Waals surface area contributed by atoms with Crippen LogP contribution in [0.4, 0.5) is 4.39 Å². The van der Waals surface area contributed by atoms with E-state index < -0.39 is 11.8 Å². The first-order chi connectivity index (χ1) is 14.0. The molecule has 0 aliphatic carbocycles. The van der Waals surface area contributed by atoms with Gasteiger partial charge in [0.2, 0.25) is 0 Å². The van der Waals surface area contributed by atoms with Gasteiger partial charge in [0.25, 0.3) is 0 Å². The van der Waals surface area contributed by atoms with Crippen LogP contribution < -0.4 is 14.2 Å². The molecule has 0 fully saturated rings. The standard InChI is InChI=1S/C22H25FO6/c1-15(2)22(24)29-18-7-5-16(6-8-18)17-13-19(23)21(28-12-10-26-4)20(14-17)27-11-9-25-3/h5-8,13-14H,1,9-12H2,2-4H3. The normalized spacial score (nSPS) is 10.5. The highest BCUT2D eigenvalue weighted by Crippen LogP contribution is 2.36. The molecule has 2 aromatic rings. The van der Waals surface area contributed by atoms with E-state index in [1.54, 1.807) is 44.4 Å². The predicted octanol–water partition coefficient (Wildman–Crippen LogP) is 4.02. The lowest BCUT2D eigenvalue weighted by molar-refractivity contribution is -0.130. The molecule has 6 nitrogen and oxygen atoms in total. The van der Waals surface area contributed by atoms with E-state index in [0.29, 0.717) is 30.1 Å². The molecule has 29 heavy (non-hydrogen) atoms. The summed E-state index contributed by atoms with van der Waals surface area (Å²) in [6, 6.07) is 9.75. The summed E-state index contributed by atoms with van der Waals surface area (Å²) < 4.78 is 40.9. The number of benzene rings is 2. The van der Waals surface area contributed by atoms with E-state index in [1.165, 1.54) is 13.2 Å². The van der Waals surface area contributed by atoms with E-state index in [4.69, 9.17) is 23.7 Å². The quantitative estimate of drug-likeness (QED) is 0.244. The van der Waals surface area contributed by atoms with E-state index in [2.05, 4.69) is 6.58 Å². The zero-order valence-electron chi connectivity index (χ0n) is 16.8. The molecule has 0 heterocycles. The van der Waals surface area contributed by atoms with Crippen molar-refractivity contribution in [3.63, 3.8) is 0 Å². The first kappa shape index (κ1) is 22.4. The number of methoxy groups -OCH3 is 2. The zero-order chi connectivity index (χ0) is 21.2. The Labute approximate surface area is 169 Å². The molecule has 0 unspecified atom stereocenters. The van der Waals surface area contributed by atoms with Crippen molar-refractivity contribution in [2.45, 2.75) is 6.92 Å². The van der Waals surface area contributed by atoms with Gasteiger partial charge in [-0.25, -0.2) is 9.18 Å². The fraction of sp³-hybridized carbons (Fsp3) is 0.318. The Morgan fingerprint density at radius 2 is 1.55 bits per heavy atom. The highest BCUT2D eigenvalue weighted by molar-refractivity contribution is 5.88. The Bertz CT molecular complexity index is 832. The fourth-order valence-corrected chi connectivity index (χ4v) is 2.35. The van der Waals surface area contributed by atoms with Gasteiger partial charge in [-0.1, -0.05) is 18.7 Å². The average Bonchev–Trinajstić information content (AvgIpc) is 2.70. The summed E-state index contributed by atoms with van der Waals surface area (Å²) in [6.07, 6.45) is 0. The number of rotatable bonds is 11. The van der Waals surface area contributed by atoms with E-state index in [0.717, 1.165) is 5.56 Å². The minimum absolute atomic E-state index is 0.0221. The second-order valence-electron chi connectivity index (χ2n) is 6.16. The van der Waals surface area contributed by atoms with Crippen molar-refractivity contribution in [1.82, 2.24) is 0 Å². The van der Waals surface area contributed by atoms with Crippen LogP contribution in [-0.4, -0.2) is 46.6 Å². The van der Waals surface area contributed by atoms with Crippen molar-refractivity contribution in [3.8, 4) is 28.4 Å². The highest BCUT2D eigenvalue weighted by Gasteiger charge is 2.16. The molecule has 0 aliphatic heterocycles. The summed E-state index contributed by atoms with van der Waals surface area (Å²) in [6.45, 7) is 6.23. The number of carbonyl (C=O) groups excluding carboxylic acids is 1. The van der Waals surface area contributed by atoms with Gasteiger partial charge in [-0.2, -0.15) is 0 Å². The maximum atomic E-state index is 14.7. The van der Waals surface area contributed by atoms with Crippen LogP contribution in [0, 0.1) is 5.82 Å². The summed E-state index contributed by atoms with van der Waals surface area (Å²) in [5.74, 6) is -0.392. The molecule has 0 saturated carbocycles. The molecule has 0 aliphatic rings. The maximum Gasteiger partial charge on any atom is 0.338 e. The Kier molecular flexibility index (Phi) is 8.64. The Balaban J connectivity index is 2.27. The molecule has 0 N–H and O–H groups in total. The van der Waals surface area contributed by atoms with Crippen molar-refractivity contribution in [1.29, 1.82) is 0 Å². The van der Waals surface area contributed by atoms with Gasteiger partial charge in [0.15, 0.2) is 17.3 Å². The summed E-state index contributed by atoms with van der Waals surface area (Å²) in [7, 11) is 3.09. The third-order valence-corrected chi connectivity index (χ3v) is 3.84. The van der Waals surface area contributed by atoms with Gasteiger partial charge in [-0.3, -0.25) is 0 Å². The smallest absolute Gasteiger partial charge is 0.338 e. The predicted molar refractivity (Wildman–Crippen MR) is 107 cm³/mol. The van der Waals surface area contributed by atoms with Gasteiger partial charge in [-0.05, 0) is 42.3 Å². The van der Waals surface area contributed by atoms with Crippen LogP contribution in [0.3, 0.4) is 0 Å². The summed E-state index contributed by atoms with van der Waals surface area (Å²) in [4.78, 5) is 11.6. The van der Waals surface area contributed by atoms with Gasteiger partial charge in [0.05, 0.1) is 13.2 Å². The lowest BCUT2D eigenvalue weighted by Gasteiger charge is -2.15. The number of halogens is 1. The first-order valence-electron chi connectivity index (χ1n) is 9.01. The third-order valence-electron chi connectivity index (χ3n) is 3.84. The number of hydrogen-bond donors (Lipinski definition) is 0. The minimum atomic E-state index is -0.552. The first-order valence-corrected chi connectivity index (χ1v) is 9.01. The summed E-state index contributed by atoms with van der Waals surface area (Å²) in [5.41, 5.74) is 1.61. The fourth-order valence-electron chi connectivity index (χ4n) is 2.35. The number of esters is 1. The average molecular weight is 404 g/mol. The molecule has 2 rings (SSSR count). The molecular weight excluding hydrogens is 379 g/mol. The van der Waals surface area contributed by atoms with E-state index in [9.17, 15) is 9.18 Å². The molecule has 0 amide bonds. The van der Waals surface area contributed by atoms with Crippen molar-refractivity contribution < 1.29 is 32.9 Å². The second kappa shape index (κ2) is 11.2. The van der Waals surface area contributed by atoms with E-state index >= 15 is 0 Å². The van der Waals surface area contributed by atoms with Gasteiger partial charge < -0.3 is 23.7 Å². The topological polar surface area (TPSA) is 63.2 Å². The van der Waals surface area contributed by atoms with Crippen molar-refractivity contribution >= 4 is 5.97 Å². The van der Waals surface area contributed by atoms with E-state index in [-0.39, 0.29) is 24.7 Å². The molecule has 0 aromatic heterocycles. The Hall–Kier alpha value is -2.90. The number of hydrogen-bond acceptors (Lipinski definition) is 6. The SMILES string of the molecule is C=C(C)C(=O)Oc1ccc(-c2cc(F)c(OCCOC)c(OCCOC)c2)cc1. The molecule has 156 valence electrons. The molecule has 0 radical (unpaired) electrons. The third kappa shape index (κ3) is 6.58. The number of carbonyl (C=O) groups is 1. The largest absolute Gasteiger partial charge is 0.487 e. The van der Waals surface area contributed by atoms with Crippen LogP contribution in [0.1, 0.15) is 6.92 Å². The monoisotopic (exact) mass is 404 g/mol. The molecule has 2 aromatic carbocycles. The van der Waals surface area contributed by atoms with Gasteiger partial charge in [0.1, 0.15) is 19.0 Å². The maximum absolute atomic E-state index is 14.7. The minimum Gasteiger partial charge on any atom is -0.487 e. The van der Waals surface area contributed by atoms with Crippen LogP contribution in [0.15, 0.2) is 48.6 Å². The molecular formula is C22H25FO6.